The molecule has 3 nitrogen and oxygen atoms in total. The van der Waals surface area contributed by atoms with Gasteiger partial charge in [-0.1, -0.05) is 48.8 Å². The normalized spacial score (nSPS) is 22.7. The van der Waals surface area contributed by atoms with Gasteiger partial charge in [0.25, 0.3) is 5.91 Å². The number of nitriles is 1. The Labute approximate surface area is 131 Å². The smallest absolute Gasteiger partial charge is 0.255 e. The average molecular weight is 286 g/mol. The molecule has 2 atom stereocenters. The highest BCUT2D eigenvalue weighted by Gasteiger charge is 2.30. The van der Waals surface area contributed by atoms with E-state index in [0.717, 1.165) is 16.7 Å². The Morgan fingerprint density at radius 1 is 1.45 bits per heavy atom. The highest BCUT2D eigenvalue weighted by Crippen LogP contribution is 2.31. The van der Waals surface area contributed by atoms with E-state index in [1.54, 1.807) is 18.3 Å². The van der Waals surface area contributed by atoms with Gasteiger partial charge in [-0.2, -0.15) is 5.26 Å². The van der Waals surface area contributed by atoms with E-state index < -0.39 is 6.04 Å². The van der Waals surface area contributed by atoms with Crippen LogP contribution in [0.3, 0.4) is 0 Å². The van der Waals surface area contributed by atoms with Crippen LogP contribution in [0.25, 0.3) is 6.08 Å². The van der Waals surface area contributed by atoms with E-state index in [2.05, 4.69) is 19.1 Å². The van der Waals surface area contributed by atoms with Crippen molar-refractivity contribution in [2.75, 3.05) is 0 Å². The largest absolute Gasteiger partial charge is 0.295 e. The Bertz CT molecular complexity index is 755. The third-order valence-corrected chi connectivity index (χ3v) is 4.06. The summed E-state index contributed by atoms with van der Waals surface area (Å²) >= 11 is 0. The number of rotatable bonds is 1. The second-order valence-corrected chi connectivity index (χ2v) is 5.67. The topological polar surface area (TPSA) is 44.1 Å². The number of carbonyl (C=O) groups is 1. The highest BCUT2D eigenvalue weighted by atomic mass is 16.2. The first-order chi connectivity index (χ1) is 10.6. The van der Waals surface area contributed by atoms with Crippen molar-refractivity contribution in [1.29, 1.82) is 5.26 Å². The van der Waals surface area contributed by atoms with Gasteiger partial charge in [0.2, 0.25) is 0 Å². The number of hydrogen-bond acceptors (Lipinski definition) is 2. The van der Waals surface area contributed by atoms with Crippen LogP contribution in [-0.4, -0.2) is 18.7 Å². The molecule has 1 heterocycles. The van der Waals surface area contributed by atoms with Crippen molar-refractivity contribution in [2.45, 2.75) is 19.4 Å². The van der Waals surface area contributed by atoms with Crippen LogP contribution in [0, 0.1) is 17.2 Å². The van der Waals surface area contributed by atoms with Gasteiger partial charge in [-0.3, -0.25) is 9.69 Å². The Balaban J connectivity index is 1.97. The molecular formula is C18H15BN2O. The molecule has 2 radical (unpaired) electrons. The van der Waals surface area contributed by atoms with Gasteiger partial charge in [-0.05, 0) is 29.5 Å². The summed E-state index contributed by atoms with van der Waals surface area (Å²) < 4.78 is 0. The number of hydrogen-bond donors (Lipinski definition) is 0. The van der Waals surface area contributed by atoms with E-state index >= 15 is 0 Å². The summed E-state index contributed by atoms with van der Waals surface area (Å²) in [6, 6.07) is 7.04. The van der Waals surface area contributed by atoms with E-state index in [-0.39, 0.29) is 5.91 Å². The van der Waals surface area contributed by atoms with Crippen LogP contribution in [0.5, 0.6) is 0 Å². The molecule has 106 valence electrons. The third-order valence-electron chi connectivity index (χ3n) is 4.06. The molecule has 0 spiro atoms. The second kappa shape index (κ2) is 5.69. The van der Waals surface area contributed by atoms with Crippen molar-refractivity contribution in [3.63, 3.8) is 0 Å². The third kappa shape index (κ3) is 2.39. The number of amides is 1. The zero-order chi connectivity index (χ0) is 15.7. The number of fused-ring (bicyclic) bond motifs is 1. The van der Waals surface area contributed by atoms with Crippen molar-refractivity contribution in [3.8, 4) is 6.07 Å². The zero-order valence-corrected chi connectivity index (χ0v) is 12.4. The summed E-state index contributed by atoms with van der Waals surface area (Å²) in [5.41, 5.74) is 2.95. The lowest BCUT2D eigenvalue weighted by atomic mass is 9.84. The minimum atomic E-state index is -0.641. The molecule has 0 aromatic heterocycles. The molecule has 3 rings (SSSR count). The summed E-state index contributed by atoms with van der Waals surface area (Å²) in [7, 11) is 5.96. The zero-order valence-electron chi connectivity index (χ0n) is 12.4. The summed E-state index contributed by atoms with van der Waals surface area (Å²) in [5, 5.41) is 9.55. The molecule has 4 heteroatoms. The first kappa shape index (κ1) is 14.4. The van der Waals surface area contributed by atoms with E-state index in [0.29, 0.717) is 17.8 Å². The molecule has 0 bridgehead atoms. The van der Waals surface area contributed by atoms with Gasteiger partial charge in [0, 0.05) is 11.8 Å². The van der Waals surface area contributed by atoms with Crippen LogP contribution < -0.4 is 5.46 Å². The number of benzene rings is 1. The summed E-state index contributed by atoms with van der Waals surface area (Å²) in [6.07, 6.45) is 9.97. The fourth-order valence-electron chi connectivity index (χ4n) is 2.91. The van der Waals surface area contributed by atoms with Gasteiger partial charge in [-0.15, -0.1) is 0 Å². The molecule has 2 aliphatic rings. The maximum Gasteiger partial charge on any atom is 0.255 e. The maximum absolute atomic E-state index is 12.8. The van der Waals surface area contributed by atoms with Gasteiger partial charge >= 0.3 is 0 Å². The lowest BCUT2D eigenvalue weighted by Gasteiger charge is -2.31. The van der Waals surface area contributed by atoms with Crippen LogP contribution in [0.1, 0.15) is 30.5 Å². The second-order valence-electron chi connectivity index (χ2n) is 5.67. The number of nitrogens with zero attached hydrogens (tertiary/aromatic N) is 2. The summed E-state index contributed by atoms with van der Waals surface area (Å²) in [4.78, 5) is 14.3. The molecule has 0 saturated carbocycles. The molecule has 2 unspecified atom stereocenters. The lowest BCUT2D eigenvalue weighted by molar-refractivity contribution is -0.126. The van der Waals surface area contributed by atoms with E-state index in [1.165, 1.54) is 4.90 Å². The molecule has 22 heavy (non-hydrogen) atoms. The molecule has 0 N–H and O–H groups in total. The van der Waals surface area contributed by atoms with Gasteiger partial charge in [0.15, 0.2) is 0 Å². The molecule has 0 fully saturated rings. The maximum atomic E-state index is 12.8. The first-order valence-corrected chi connectivity index (χ1v) is 7.28. The van der Waals surface area contributed by atoms with Gasteiger partial charge in [0.05, 0.1) is 6.07 Å². The van der Waals surface area contributed by atoms with Gasteiger partial charge < -0.3 is 0 Å². The quantitative estimate of drug-likeness (QED) is 0.744. The first-order valence-electron chi connectivity index (χ1n) is 7.28. The van der Waals surface area contributed by atoms with Crippen LogP contribution in [0.15, 0.2) is 48.2 Å². The Morgan fingerprint density at radius 2 is 2.27 bits per heavy atom. The Kier molecular flexibility index (Phi) is 3.72. The molecular weight excluding hydrogens is 271 g/mol. The van der Waals surface area contributed by atoms with Crippen molar-refractivity contribution < 1.29 is 4.79 Å². The Morgan fingerprint density at radius 3 is 3.00 bits per heavy atom. The van der Waals surface area contributed by atoms with E-state index in [4.69, 9.17) is 7.85 Å². The van der Waals surface area contributed by atoms with E-state index in [1.807, 2.05) is 24.3 Å². The van der Waals surface area contributed by atoms with Gasteiger partial charge in [-0.25, -0.2) is 0 Å². The standard InChI is InChI=1S/C18H15BN2O/c1-12-4-2-5-13(10-12)18(22)21-9-8-14-15(17(21)11-20)6-3-7-16(14)19/h2-9,12,17H,10H2,1H3. The van der Waals surface area contributed by atoms with Crippen LogP contribution in [-0.2, 0) is 4.79 Å². The van der Waals surface area contributed by atoms with Crippen LogP contribution in [0.4, 0.5) is 0 Å². The monoisotopic (exact) mass is 286 g/mol. The van der Waals surface area contributed by atoms with Crippen molar-refractivity contribution in [2.24, 2.45) is 5.92 Å². The minimum absolute atomic E-state index is 0.118. The molecule has 1 aromatic rings. The minimum Gasteiger partial charge on any atom is -0.295 e. The van der Waals surface area contributed by atoms with Crippen molar-refractivity contribution >= 4 is 25.3 Å². The fraction of sp³-hybridized carbons (Fsp3) is 0.222. The predicted molar refractivity (Wildman–Crippen MR) is 87.1 cm³/mol. The molecule has 1 aromatic carbocycles. The molecule has 1 amide bonds. The summed E-state index contributed by atoms with van der Waals surface area (Å²) in [6.45, 7) is 2.07. The van der Waals surface area contributed by atoms with Crippen molar-refractivity contribution in [1.82, 2.24) is 4.90 Å². The summed E-state index contributed by atoms with van der Waals surface area (Å²) in [5.74, 6) is 0.216. The van der Waals surface area contributed by atoms with Gasteiger partial charge in [0.1, 0.15) is 13.9 Å². The fourth-order valence-corrected chi connectivity index (χ4v) is 2.91. The van der Waals surface area contributed by atoms with Crippen molar-refractivity contribution in [3.05, 3.63) is 59.3 Å². The molecule has 0 saturated heterocycles. The van der Waals surface area contributed by atoms with E-state index in [9.17, 15) is 10.1 Å². The lowest BCUT2D eigenvalue weighted by Crippen LogP contribution is -2.34. The predicted octanol–water partition coefficient (Wildman–Crippen LogP) is 2.38. The average Bonchev–Trinajstić information content (AvgIpc) is 2.53. The van der Waals surface area contributed by atoms with Crippen LogP contribution >= 0.6 is 0 Å². The Hall–Kier alpha value is -2.54. The molecule has 1 aliphatic carbocycles. The van der Waals surface area contributed by atoms with Crippen LogP contribution in [0.2, 0.25) is 0 Å². The molecule has 1 aliphatic heterocycles. The SMILES string of the molecule is [B]c1cccc2c1C=CN(C(=O)C1=CC=CC(C)C1)C2C#N. The highest BCUT2D eigenvalue weighted by molar-refractivity contribution is 6.34. The number of carbonyl (C=O) groups excluding carboxylic acids is 1. The number of allylic oxidation sites excluding steroid dienone is 3.